The molecule has 0 aliphatic carbocycles. The third-order valence-electron chi connectivity index (χ3n) is 4.22. The molecule has 1 heterocycles. The zero-order valence-corrected chi connectivity index (χ0v) is 18.0. The average Bonchev–Trinajstić information content (AvgIpc) is 2.73. The van der Waals surface area contributed by atoms with Gasteiger partial charge in [-0.1, -0.05) is 48.5 Å². The highest BCUT2D eigenvalue weighted by Gasteiger charge is 2.03. The average molecular weight is 496 g/mol. The number of guanidine groups is 1. The quantitative estimate of drug-likeness (QED) is 0.215. The molecule has 4 rings (SSSR count). The molecule has 0 aliphatic heterocycles. The minimum atomic E-state index is 0. The van der Waals surface area contributed by atoms with Gasteiger partial charge in [-0.2, -0.15) is 0 Å². The van der Waals surface area contributed by atoms with Crippen molar-refractivity contribution in [3.8, 4) is 11.5 Å². The summed E-state index contributed by atoms with van der Waals surface area (Å²) >= 11 is 0. The molecule has 146 valence electrons. The first kappa shape index (κ1) is 20.6. The molecule has 1 aromatic heterocycles. The molecule has 0 fully saturated rings. The number of aliphatic imine (C=N–C) groups is 1. The molecule has 0 saturated heterocycles. The molecule has 0 radical (unpaired) electrons. The number of pyridine rings is 1. The maximum Gasteiger partial charge on any atom is 0.193 e. The third-order valence-corrected chi connectivity index (χ3v) is 4.22. The van der Waals surface area contributed by atoms with Gasteiger partial charge in [0.2, 0.25) is 0 Å². The molecule has 29 heavy (non-hydrogen) atoms. The molecular formula is C23H21IN4O. The van der Waals surface area contributed by atoms with Crippen molar-refractivity contribution in [2.24, 2.45) is 10.7 Å². The van der Waals surface area contributed by atoms with E-state index in [1.807, 2.05) is 84.9 Å². The largest absolute Gasteiger partial charge is 0.457 e. The van der Waals surface area contributed by atoms with Gasteiger partial charge >= 0.3 is 0 Å². The van der Waals surface area contributed by atoms with Crippen molar-refractivity contribution in [3.63, 3.8) is 0 Å². The van der Waals surface area contributed by atoms with Gasteiger partial charge in [-0.25, -0.2) is 4.99 Å². The topological polar surface area (TPSA) is 72.5 Å². The summed E-state index contributed by atoms with van der Waals surface area (Å²) in [6.45, 7) is 0.452. The predicted molar refractivity (Wildman–Crippen MR) is 129 cm³/mol. The Morgan fingerprint density at radius 1 is 0.897 bits per heavy atom. The number of rotatable bonds is 5. The van der Waals surface area contributed by atoms with Crippen LogP contribution in [-0.4, -0.2) is 10.9 Å². The fourth-order valence-corrected chi connectivity index (χ4v) is 2.91. The lowest BCUT2D eigenvalue weighted by molar-refractivity contribution is 0.483. The Morgan fingerprint density at radius 3 is 2.52 bits per heavy atom. The van der Waals surface area contributed by atoms with Crippen molar-refractivity contribution in [1.29, 1.82) is 0 Å². The van der Waals surface area contributed by atoms with Gasteiger partial charge in [0.1, 0.15) is 11.5 Å². The van der Waals surface area contributed by atoms with Crippen molar-refractivity contribution in [2.75, 3.05) is 5.32 Å². The number of nitrogens with zero attached hydrogens (tertiary/aromatic N) is 2. The molecule has 0 amide bonds. The molecule has 0 spiro atoms. The van der Waals surface area contributed by atoms with E-state index in [0.717, 1.165) is 33.7 Å². The minimum Gasteiger partial charge on any atom is -0.457 e. The molecule has 0 unspecified atom stereocenters. The Labute approximate surface area is 186 Å². The van der Waals surface area contributed by atoms with Crippen molar-refractivity contribution in [1.82, 2.24) is 4.98 Å². The van der Waals surface area contributed by atoms with E-state index in [1.54, 1.807) is 6.20 Å². The van der Waals surface area contributed by atoms with E-state index in [1.165, 1.54) is 0 Å². The van der Waals surface area contributed by atoms with Gasteiger partial charge < -0.3 is 15.8 Å². The number of hydrogen-bond donors (Lipinski definition) is 2. The number of halogens is 1. The molecule has 5 nitrogen and oxygen atoms in total. The first-order valence-corrected chi connectivity index (χ1v) is 9.00. The van der Waals surface area contributed by atoms with Crippen LogP contribution < -0.4 is 15.8 Å². The number of nitrogens with one attached hydrogen (secondary N) is 1. The normalized spacial score (nSPS) is 11.0. The molecule has 0 atom stereocenters. The standard InChI is InChI=1S/C23H20N4O.HI/c24-23(26-16-18-8-4-7-17-9-6-14-25-22(17)18)27-19-10-5-13-21(15-19)28-20-11-2-1-3-12-20;/h1-15H,16H2,(H3,24,26,27);1H. The number of fused-ring (bicyclic) bond motifs is 1. The fraction of sp³-hybridized carbons (Fsp3) is 0.0435. The molecule has 4 aromatic rings. The zero-order chi connectivity index (χ0) is 19.2. The van der Waals surface area contributed by atoms with Crippen LogP contribution in [0.4, 0.5) is 5.69 Å². The summed E-state index contributed by atoms with van der Waals surface area (Å²) in [5.74, 6) is 1.84. The lowest BCUT2D eigenvalue weighted by Crippen LogP contribution is -2.22. The van der Waals surface area contributed by atoms with Crippen LogP contribution in [0.1, 0.15) is 5.56 Å². The van der Waals surface area contributed by atoms with Crippen LogP contribution >= 0.6 is 24.0 Å². The van der Waals surface area contributed by atoms with E-state index >= 15 is 0 Å². The molecule has 0 saturated carbocycles. The van der Waals surface area contributed by atoms with E-state index in [9.17, 15) is 0 Å². The highest BCUT2D eigenvalue weighted by atomic mass is 127. The van der Waals surface area contributed by atoms with E-state index in [0.29, 0.717) is 12.5 Å². The van der Waals surface area contributed by atoms with Gasteiger partial charge in [0.25, 0.3) is 0 Å². The molecular weight excluding hydrogens is 475 g/mol. The summed E-state index contributed by atoms with van der Waals surface area (Å²) in [4.78, 5) is 8.90. The second kappa shape index (κ2) is 9.88. The molecule has 3 aromatic carbocycles. The summed E-state index contributed by atoms with van der Waals surface area (Å²) in [6.07, 6.45) is 1.79. The second-order valence-electron chi connectivity index (χ2n) is 6.26. The number of hydrogen-bond acceptors (Lipinski definition) is 3. The van der Waals surface area contributed by atoms with Gasteiger partial charge in [0, 0.05) is 23.3 Å². The van der Waals surface area contributed by atoms with Crippen molar-refractivity contribution < 1.29 is 4.74 Å². The highest BCUT2D eigenvalue weighted by molar-refractivity contribution is 14.0. The number of anilines is 1. The van der Waals surface area contributed by atoms with Crippen LogP contribution in [0.25, 0.3) is 10.9 Å². The Kier molecular flexibility index (Phi) is 7.02. The Bertz CT molecular complexity index is 1110. The van der Waals surface area contributed by atoms with Crippen molar-refractivity contribution in [3.05, 3.63) is 96.7 Å². The summed E-state index contributed by atoms with van der Waals surface area (Å²) in [5, 5.41) is 4.20. The van der Waals surface area contributed by atoms with Crippen LogP contribution in [0.5, 0.6) is 11.5 Å². The summed E-state index contributed by atoms with van der Waals surface area (Å²) < 4.78 is 5.85. The van der Waals surface area contributed by atoms with Gasteiger partial charge in [0.05, 0.1) is 12.1 Å². The Morgan fingerprint density at radius 2 is 1.66 bits per heavy atom. The minimum absolute atomic E-state index is 0. The van der Waals surface area contributed by atoms with E-state index in [2.05, 4.69) is 15.3 Å². The fourth-order valence-electron chi connectivity index (χ4n) is 2.91. The third kappa shape index (κ3) is 5.45. The predicted octanol–water partition coefficient (Wildman–Crippen LogP) is 5.57. The van der Waals surface area contributed by atoms with Crippen LogP contribution in [0.15, 0.2) is 96.1 Å². The van der Waals surface area contributed by atoms with Crippen LogP contribution in [0, 0.1) is 0 Å². The first-order valence-electron chi connectivity index (χ1n) is 9.00. The van der Waals surface area contributed by atoms with Gasteiger partial charge in [-0.3, -0.25) is 4.98 Å². The van der Waals surface area contributed by atoms with Gasteiger partial charge in [-0.05, 0) is 35.9 Å². The first-order chi connectivity index (χ1) is 13.8. The number of benzene rings is 3. The molecule has 0 bridgehead atoms. The summed E-state index contributed by atoms with van der Waals surface area (Å²) in [6, 6.07) is 27.3. The zero-order valence-electron chi connectivity index (χ0n) is 15.7. The Hall–Kier alpha value is -3.13. The number of para-hydroxylation sites is 2. The van der Waals surface area contributed by atoms with Crippen LogP contribution in [0.2, 0.25) is 0 Å². The maximum absolute atomic E-state index is 6.08. The number of ether oxygens (including phenoxy) is 1. The van der Waals surface area contributed by atoms with Gasteiger partial charge in [-0.15, -0.1) is 24.0 Å². The van der Waals surface area contributed by atoms with Crippen molar-refractivity contribution >= 4 is 46.5 Å². The number of aromatic nitrogens is 1. The lowest BCUT2D eigenvalue weighted by Gasteiger charge is -2.09. The van der Waals surface area contributed by atoms with Crippen LogP contribution in [-0.2, 0) is 6.54 Å². The summed E-state index contributed by atoms with van der Waals surface area (Å²) in [7, 11) is 0. The number of nitrogens with two attached hydrogens (primary N) is 1. The molecule has 3 N–H and O–H groups in total. The van der Waals surface area contributed by atoms with E-state index in [-0.39, 0.29) is 24.0 Å². The van der Waals surface area contributed by atoms with Crippen LogP contribution in [0.3, 0.4) is 0 Å². The second-order valence-corrected chi connectivity index (χ2v) is 6.26. The summed E-state index contributed by atoms with van der Waals surface area (Å²) in [5.41, 5.74) is 8.86. The smallest absolute Gasteiger partial charge is 0.193 e. The SMILES string of the molecule is I.NC(=NCc1cccc2cccnc12)Nc1cccc(Oc2ccccc2)c1. The lowest BCUT2D eigenvalue weighted by atomic mass is 10.1. The van der Waals surface area contributed by atoms with E-state index in [4.69, 9.17) is 10.5 Å². The molecule has 6 heteroatoms. The maximum atomic E-state index is 6.08. The van der Waals surface area contributed by atoms with Crippen molar-refractivity contribution in [2.45, 2.75) is 6.54 Å². The molecule has 0 aliphatic rings. The van der Waals surface area contributed by atoms with E-state index < -0.39 is 0 Å². The monoisotopic (exact) mass is 496 g/mol. The highest BCUT2D eigenvalue weighted by Crippen LogP contribution is 2.23. The Balaban J connectivity index is 0.00000240. The van der Waals surface area contributed by atoms with Gasteiger partial charge in [0.15, 0.2) is 5.96 Å².